The number of anilines is 1. The van der Waals surface area contributed by atoms with E-state index in [-0.39, 0.29) is 28.8 Å². The fraction of sp³-hybridized carbons (Fsp3) is 0.609. The third-order valence-corrected chi connectivity index (χ3v) is 7.54. The van der Waals surface area contributed by atoms with E-state index < -0.39 is 6.04 Å². The number of hydrogen-bond acceptors (Lipinski definition) is 3. The molecule has 4 aliphatic rings. The maximum atomic E-state index is 13.4. The fourth-order valence-corrected chi connectivity index (χ4v) is 6.55. The lowest BCUT2D eigenvalue weighted by Crippen LogP contribution is -2.57. The molecule has 0 spiro atoms. The number of imidazole rings is 1. The molecule has 1 aromatic heterocycles. The van der Waals surface area contributed by atoms with Gasteiger partial charge in [0.15, 0.2) is 0 Å². The Bertz CT molecular complexity index is 1010. The van der Waals surface area contributed by atoms with E-state index in [1.807, 2.05) is 13.8 Å². The van der Waals surface area contributed by atoms with Crippen LogP contribution in [-0.4, -0.2) is 27.8 Å². The second-order valence-corrected chi connectivity index (χ2v) is 10.2. The number of amides is 2. The molecule has 4 N–H and O–H groups in total. The smallest absolute Gasteiger partial charge is 0.323 e. The maximum absolute atomic E-state index is 13.4. The lowest BCUT2D eigenvalue weighted by atomic mass is 9.49. The summed E-state index contributed by atoms with van der Waals surface area (Å²) in [4.78, 5) is 43.3. The zero-order valence-corrected chi connectivity index (χ0v) is 17.6. The normalized spacial score (nSPS) is 30.6. The first-order chi connectivity index (χ1) is 14.3. The summed E-state index contributed by atoms with van der Waals surface area (Å²) in [6.45, 7) is 3.91. The van der Waals surface area contributed by atoms with Crippen molar-refractivity contribution in [3.63, 3.8) is 0 Å². The average Bonchev–Trinajstić information content (AvgIpc) is 3.03. The van der Waals surface area contributed by atoms with Crippen LogP contribution in [0.1, 0.15) is 52.4 Å². The number of fused-ring (bicyclic) bond motifs is 1. The van der Waals surface area contributed by atoms with Crippen LogP contribution < -0.4 is 16.3 Å². The van der Waals surface area contributed by atoms with Gasteiger partial charge >= 0.3 is 5.69 Å². The molecule has 0 radical (unpaired) electrons. The molecule has 6 rings (SSSR count). The van der Waals surface area contributed by atoms with Crippen molar-refractivity contribution in [2.45, 2.75) is 58.4 Å². The number of carbonyl (C=O) groups excluding carboxylic acids is 2. The molecule has 160 valence electrons. The third-order valence-electron chi connectivity index (χ3n) is 7.54. The number of benzene rings is 1. The van der Waals surface area contributed by atoms with Crippen molar-refractivity contribution in [3.8, 4) is 0 Å². The second-order valence-electron chi connectivity index (χ2n) is 10.2. The van der Waals surface area contributed by atoms with Gasteiger partial charge in [-0.25, -0.2) is 4.79 Å². The van der Waals surface area contributed by atoms with Gasteiger partial charge in [-0.2, -0.15) is 0 Å². The summed E-state index contributed by atoms with van der Waals surface area (Å²) in [5.74, 6) is 1.87. The summed E-state index contributed by atoms with van der Waals surface area (Å²) >= 11 is 0. The van der Waals surface area contributed by atoms with Crippen molar-refractivity contribution in [1.29, 1.82) is 0 Å². The SMILES string of the molecule is CC(C)[C@H](NC(=O)C12CC3CC(CC(C3)C1)C2)C(=O)Nc1ccc2[nH]c(=O)[nH]c2c1. The minimum absolute atomic E-state index is 0.0290. The molecular formula is C23H30N4O3. The number of rotatable bonds is 5. The van der Waals surface area contributed by atoms with Gasteiger partial charge in [0.2, 0.25) is 11.8 Å². The molecular weight excluding hydrogens is 380 g/mol. The Morgan fingerprint density at radius 1 is 1.00 bits per heavy atom. The van der Waals surface area contributed by atoms with Crippen LogP contribution in [-0.2, 0) is 9.59 Å². The lowest BCUT2D eigenvalue weighted by molar-refractivity contribution is -0.148. The molecule has 0 saturated heterocycles. The molecule has 0 unspecified atom stereocenters. The van der Waals surface area contributed by atoms with Crippen molar-refractivity contribution >= 4 is 28.5 Å². The molecule has 7 heteroatoms. The van der Waals surface area contributed by atoms with Gasteiger partial charge in [0, 0.05) is 11.1 Å². The Hall–Kier alpha value is -2.57. The number of aromatic nitrogens is 2. The number of carbonyl (C=O) groups is 2. The van der Waals surface area contributed by atoms with Crippen LogP contribution in [0.3, 0.4) is 0 Å². The Morgan fingerprint density at radius 2 is 1.60 bits per heavy atom. The molecule has 4 bridgehead atoms. The highest BCUT2D eigenvalue weighted by Gasteiger charge is 2.55. The molecule has 2 aromatic rings. The predicted octanol–water partition coefficient (Wildman–Crippen LogP) is 3.15. The molecule has 2 amide bonds. The number of hydrogen-bond donors (Lipinski definition) is 4. The third kappa shape index (κ3) is 3.34. The highest BCUT2D eigenvalue weighted by atomic mass is 16.2. The first-order valence-corrected chi connectivity index (χ1v) is 11.2. The van der Waals surface area contributed by atoms with Gasteiger partial charge in [0.05, 0.1) is 11.0 Å². The van der Waals surface area contributed by atoms with Crippen molar-refractivity contribution < 1.29 is 9.59 Å². The van der Waals surface area contributed by atoms with Crippen LogP contribution in [0.5, 0.6) is 0 Å². The summed E-state index contributed by atoms with van der Waals surface area (Å²) < 4.78 is 0. The van der Waals surface area contributed by atoms with E-state index in [4.69, 9.17) is 0 Å². The second kappa shape index (κ2) is 7.00. The molecule has 1 aromatic carbocycles. The minimum atomic E-state index is -0.591. The number of nitrogens with one attached hydrogen (secondary N) is 4. The Labute approximate surface area is 175 Å². The average molecular weight is 411 g/mol. The summed E-state index contributed by atoms with van der Waals surface area (Å²) in [6, 6.07) is 4.64. The number of H-pyrrole nitrogens is 2. The summed E-state index contributed by atoms with van der Waals surface area (Å²) in [7, 11) is 0. The molecule has 0 aliphatic heterocycles. The minimum Gasteiger partial charge on any atom is -0.344 e. The van der Waals surface area contributed by atoms with Crippen LogP contribution in [0.25, 0.3) is 11.0 Å². The molecule has 7 nitrogen and oxygen atoms in total. The van der Waals surface area contributed by atoms with Crippen LogP contribution in [0.2, 0.25) is 0 Å². The predicted molar refractivity (Wildman–Crippen MR) is 115 cm³/mol. The van der Waals surface area contributed by atoms with Gasteiger partial charge in [-0.1, -0.05) is 13.8 Å². The number of aromatic amines is 2. The van der Waals surface area contributed by atoms with Crippen molar-refractivity contribution in [1.82, 2.24) is 15.3 Å². The van der Waals surface area contributed by atoms with E-state index in [1.165, 1.54) is 19.3 Å². The summed E-state index contributed by atoms with van der Waals surface area (Å²) in [5, 5.41) is 6.03. The Balaban J connectivity index is 1.31. The van der Waals surface area contributed by atoms with Gasteiger partial charge in [0.1, 0.15) is 6.04 Å². The largest absolute Gasteiger partial charge is 0.344 e. The Kier molecular flexibility index (Phi) is 4.52. The van der Waals surface area contributed by atoms with Gasteiger partial charge in [-0.05, 0) is 80.4 Å². The van der Waals surface area contributed by atoms with Crippen molar-refractivity contribution in [3.05, 3.63) is 28.7 Å². The highest BCUT2D eigenvalue weighted by Crippen LogP contribution is 2.60. The first kappa shape index (κ1) is 19.4. The van der Waals surface area contributed by atoms with Crippen LogP contribution in [0.4, 0.5) is 5.69 Å². The van der Waals surface area contributed by atoms with E-state index in [1.54, 1.807) is 18.2 Å². The van der Waals surface area contributed by atoms with Crippen LogP contribution in [0.15, 0.2) is 23.0 Å². The highest BCUT2D eigenvalue weighted by molar-refractivity contribution is 5.99. The van der Waals surface area contributed by atoms with Gasteiger partial charge < -0.3 is 20.6 Å². The maximum Gasteiger partial charge on any atom is 0.323 e. The van der Waals surface area contributed by atoms with E-state index in [9.17, 15) is 14.4 Å². The first-order valence-electron chi connectivity index (χ1n) is 11.2. The van der Waals surface area contributed by atoms with Crippen LogP contribution >= 0.6 is 0 Å². The Morgan fingerprint density at radius 3 is 2.20 bits per heavy atom. The zero-order chi connectivity index (χ0) is 21.0. The van der Waals surface area contributed by atoms with E-state index >= 15 is 0 Å². The standard InChI is InChI=1S/C23H30N4O3/c1-12(2)19(20(28)24-16-3-4-17-18(8-16)26-22(30)25-17)27-21(29)23-9-13-5-14(10-23)7-15(6-13)11-23/h3-4,8,12-15,19H,5-7,9-11H2,1-2H3,(H,24,28)(H,27,29)(H2,25,26,30)/t13?,14?,15?,19-,23?/m0/s1. The van der Waals surface area contributed by atoms with Gasteiger partial charge in [-0.3, -0.25) is 9.59 Å². The van der Waals surface area contributed by atoms with Gasteiger partial charge in [-0.15, -0.1) is 0 Å². The molecule has 4 fully saturated rings. The monoisotopic (exact) mass is 410 g/mol. The molecule has 4 aliphatic carbocycles. The van der Waals surface area contributed by atoms with E-state index in [0.29, 0.717) is 34.5 Å². The molecule has 1 heterocycles. The zero-order valence-electron chi connectivity index (χ0n) is 17.6. The summed E-state index contributed by atoms with van der Waals surface area (Å²) in [6.07, 6.45) is 6.79. The molecule has 1 atom stereocenters. The fourth-order valence-electron chi connectivity index (χ4n) is 6.55. The summed E-state index contributed by atoms with van der Waals surface area (Å²) in [5.41, 5.74) is 1.37. The van der Waals surface area contributed by atoms with Crippen LogP contribution in [0, 0.1) is 29.1 Å². The van der Waals surface area contributed by atoms with Gasteiger partial charge in [0.25, 0.3) is 0 Å². The van der Waals surface area contributed by atoms with E-state index in [0.717, 1.165) is 19.3 Å². The topological polar surface area (TPSA) is 107 Å². The molecule has 4 saturated carbocycles. The molecule has 30 heavy (non-hydrogen) atoms. The quantitative estimate of drug-likeness (QED) is 0.608. The van der Waals surface area contributed by atoms with Crippen molar-refractivity contribution in [2.75, 3.05) is 5.32 Å². The van der Waals surface area contributed by atoms with E-state index in [2.05, 4.69) is 20.6 Å². The van der Waals surface area contributed by atoms with Crippen molar-refractivity contribution in [2.24, 2.45) is 29.1 Å². The lowest BCUT2D eigenvalue weighted by Gasteiger charge is -2.55.